The molecule has 0 aliphatic heterocycles. The van der Waals surface area contributed by atoms with Crippen molar-refractivity contribution in [2.24, 2.45) is 18.7 Å². The molecule has 4 nitrogen and oxygen atoms in total. The maximum Gasteiger partial charge on any atom is 0.200 e. The van der Waals surface area contributed by atoms with E-state index in [2.05, 4.69) is 5.10 Å². The Balaban J connectivity index is 2.35. The van der Waals surface area contributed by atoms with Crippen LogP contribution in [0.4, 0.5) is 0 Å². The van der Waals surface area contributed by atoms with Gasteiger partial charge in [-0.1, -0.05) is 0 Å². The van der Waals surface area contributed by atoms with E-state index < -0.39 is 5.54 Å². The maximum absolute atomic E-state index is 12.3. The third-order valence-electron chi connectivity index (χ3n) is 3.25. The van der Waals surface area contributed by atoms with Crippen LogP contribution in [0.15, 0.2) is 6.20 Å². The molecule has 0 saturated heterocycles. The molecule has 2 N–H and O–H groups in total. The van der Waals surface area contributed by atoms with Gasteiger partial charge in [-0.2, -0.15) is 5.10 Å². The third-order valence-corrected chi connectivity index (χ3v) is 3.25. The van der Waals surface area contributed by atoms with Crippen LogP contribution < -0.4 is 5.73 Å². The summed E-state index contributed by atoms with van der Waals surface area (Å²) in [5.74, 6) is 0.363. The molecule has 0 bridgehead atoms. The summed E-state index contributed by atoms with van der Waals surface area (Å²) in [5, 5.41) is 4.07. The molecule has 1 aliphatic rings. The van der Waals surface area contributed by atoms with E-state index in [4.69, 9.17) is 5.73 Å². The number of carbonyl (C=O) groups is 1. The number of hydrogen-bond donors (Lipinski definition) is 1. The molecule has 1 unspecified atom stereocenters. The minimum Gasteiger partial charge on any atom is -0.319 e. The first-order chi connectivity index (χ1) is 6.94. The zero-order valence-corrected chi connectivity index (χ0v) is 9.45. The lowest BCUT2D eigenvalue weighted by Gasteiger charge is -2.22. The Morgan fingerprint density at radius 3 is 2.67 bits per heavy atom. The molecule has 4 heteroatoms. The number of nitrogens with two attached hydrogens (primary N) is 1. The fourth-order valence-electron chi connectivity index (χ4n) is 2.00. The highest BCUT2D eigenvalue weighted by Crippen LogP contribution is 2.39. The molecule has 1 fully saturated rings. The van der Waals surface area contributed by atoms with Crippen molar-refractivity contribution < 1.29 is 4.79 Å². The van der Waals surface area contributed by atoms with E-state index in [1.54, 1.807) is 17.9 Å². The molecule has 1 atom stereocenters. The molecular formula is C11H17N3O. The second-order valence-electron chi connectivity index (χ2n) is 4.69. The second kappa shape index (κ2) is 3.17. The summed E-state index contributed by atoms with van der Waals surface area (Å²) in [5.41, 5.74) is 6.93. The Morgan fingerprint density at radius 1 is 1.67 bits per heavy atom. The van der Waals surface area contributed by atoms with Crippen molar-refractivity contribution in [2.75, 3.05) is 0 Å². The summed E-state index contributed by atoms with van der Waals surface area (Å²) in [4.78, 5) is 12.3. The van der Waals surface area contributed by atoms with Crippen molar-refractivity contribution in [3.8, 4) is 0 Å². The number of rotatable bonds is 3. The van der Waals surface area contributed by atoms with Crippen molar-refractivity contribution in [2.45, 2.75) is 32.2 Å². The monoisotopic (exact) mass is 207 g/mol. The third kappa shape index (κ3) is 1.59. The fraction of sp³-hybridized carbons (Fsp3) is 0.636. The fourth-order valence-corrected chi connectivity index (χ4v) is 2.00. The number of aryl methyl sites for hydroxylation is 2. The van der Waals surface area contributed by atoms with Crippen molar-refractivity contribution >= 4 is 5.78 Å². The molecule has 15 heavy (non-hydrogen) atoms. The molecule has 1 aliphatic carbocycles. The van der Waals surface area contributed by atoms with Crippen molar-refractivity contribution in [3.05, 3.63) is 17.5 Å². The Hall–Kier alpha value is -1.16. The minimum atomic E-state index is -0.724. The van der Waals surface area contributed by atoms with Crippen LogP contribution >= 0.6 is 0 Å². The lowest BCUT2D eigenvalue weighted by molar-refractivity contribution is 0.0872. The van der Waals surface area contributed by atoms with Gasteiger partial charge >= 0.3 is 0 Å². The highest BCUT2D eigenvalue weighted by atomic mass is 16.1. The van der Waals surface area contributed by atoms with Gasteiger partial charge in [-0.05, 0) is 38.2 Å². The van der Waals surface area contributed by atoms with Crippen LogP contribution in [0.3, 0.4) is 0 Å². The first-order valence-electron chi connectivity index (χ1n) is 5.27. The summed E-state index contributed by atoms with van der Waals surface area (Å²) in [6, 6.07) is 0. The van der Waals surface area contributed by atoms with Gasteiger partial charge in [-0.25, -0.2) is 0 Å². The van der Waals surface area contributed by atoms with Crippen LogP contribution in [0.25, 0.3) is 0 Å². The maximum atomic E-state index is 12.3. The molecule has 0 aromatic carbocycles. The van der Waals surface area contributed by atoms with Crippen LogP contribution in [0.1, 0.15) is 35.8 Å². The lowest BCUT2D eigenvalue weighted by atomic mass is 9.89. The van der Waals surface area contributed by atoms with E-state index in [9.17, 15) is 4.79 Å². The molecule has 1 aromatic heterocycles. The van der Waals surface area contributed by atoms with Crippen LogP contribution in [0.5, 0.6) is 0 Å². The largest absolute Gasteiger partial charge is 0.319 e. The number of nitrogens with zero attached hydrogens (tertiary/aromatic N) is 2. The van der Waals surface area contributed by atoms with Gasteiger partial charge in [0.15, 0.2) is 0 Å². The average Bonchev–Trinajstić information content (AvgIpc) is 2.94. The first-order valence-corrected chi connectivity index (χ1v) is 5.27. The van der Waals surface area contributed by atoms with Crippen LogP contribution in [0, 0.1) is 12.8 Å². The molecule has 0 radical (unpaired) electrons. The zero-order valence-electron chi connectivity index (χ0n) is 9.45. The standard InChI is InChI=1S/C11H17N3O/c1-7-6-13-14(3)9(7)10(15)11(2,12)8-4-5-8/h6,8H,4-5,12H2,1-3H3. The van der Waals surface area contributed by atoms with Gasteiger partial charge in [-0.15, -0.1) is 0 Å². The molecular weight excluding hydrogens is 190 g/mol. The summed E-state index contributed by atoms with van der Waals surface area (Å²) in [6.07, 6.45) is 3.83. The van der Waals surface area contributed by atoms with E-state index in [0.29, 0.717) is 11.6 Å². The Morgan fingerprint density at radius 2 is 2.27 bits per heavy atom. The summed E-state index contributed by atoms with van der Waals surface area (Å²) in [7, 11) is 1.78. The van der Waals surface area contributed by atoms with E-state index in [-0.39, 0.29) is 5.78 Å². The molecule has 1 aromatic rings. The van der Waals surface area contributed by atoms with Gasteiger partial charge < -0.3 is 5.73 Å². The molecule has 0 spiro atoms. The van der Waals surface area contributed by atoms with Crippen molar-refractivity contribution in [1.29, 1.82) is 0 Å². The topological polar surface area (TPSA) is 60.9 Å². The summed E-state index contributed by atoms with van der Waals surface area (Å²) < 4.78 is 1.62. The van der Waals surface area contributed by atoms with E-state index in [1.165, 1.54) is 0 Å². The molecule has 1 heterocycles. The predicted molar refractivity (Wildman–Crippen MR) is 57.6 cm³/mol. The van der Waals surface area contributed by atoms with Crippen molar-refractivity contribution in [1.82, 2.24) is 9.78 Å². The molecule has 82 valence electrons. The number of Topliss-reactive ketones (excluding diaryl/α,β-unsaturated/α-hetero) is 1. The molecule has 1 saturated carbocycles. The van der Waals surface area contributed by atoms with E-state index in [0.717, 1.165) is 18.4 Å². The van der Waals surface area contributed by atoms with Gasteiger partial charge in [0.1, 0.15) is 5.69 Å². The van der Waals surface area contributed by atoms with Crippen LogP contribution in [-0.4, -0.2) is 21.1 Å². The van der Waals surface area contributed by atoms with E-state index in [1.807, 2.05) is 13.8 Å². The normalized spacial score (nSPS) is 20.0. The SMILES string of the molecule is Cc1cnn(C)c1C(=O)C(C)(N)C1CC1. The Kier molecular flexibility index (Phi) is 2.19. The summed E-state index contributed by atoms with van der Waals surface area (Å²) >= 11 is 0. The van der Waals surface area contributed by atoms with E-state index >= 15 is 0 Å². The number of aromatic nitrogens is 2. The van der Waals surface area contributed by atoms with Gasteiger partial charge in [0.05, 0.1) is 11.7 Å². The quantitative estimate of drug-likeness (QED) is 0.753. The minimum absolute atomic E-state index is 0.0162. The number of ketones is 1. The molecule has 0 amide bonds. The van der Waals surface area contributed by atoms with Gasteiger partial charge in [0, 0.05) is 7.05 Å². The van der Waals surface area contributed by atoms with Crippen molar-refractivity contribution in [3.63, 3.8) is 0 Å². The van der Waals surface area contributed by atoms with Crippen LogP contribution in [-0.2, 0) is 7.05 Å². The predicted octanol–water partition coefficient (Wildman–Crippen LogP) is 1.04. The Bertz CT molecular complexity index is 382. The zero-order chi connectivity index (χ0) is 11.2. The first kappa shape index (κ1) is 10.4. The van der Waals surface area contributed by atoms with Gasteiger partial charge in [0.2, 0.25) is 5.78 Å². The van der Waals surface area contributed by atoms with Gasteiger partial charge in [0.25, 0.3) is 0 Å². The number of hydrogen-bond acceptors (Lipinski definition) is 3. The van der Waals surface area contributed by atoms with Crippen LogP contribution in [0.2, 0.25) is 0 Å². The number of carbonyl (C=O) groups excluding carboxylic acids is 1. The van der Waals surface area contributed by atoms with Gasteiger partial charge in [-0.3, -0.25) is 9.48 Å². The Labute approximate surface area is 89.5 Å². The average molecular weight is 207 g/mol. The lowest BCUT2D eigenvalue weighted by Crippen LogP contribution is -2.48. The smallest absolute Gasteiger partial charge is 0.200 e. The summed E-state index contributed by atoms with van der Waals surface area (Å²) in [6.45, 7) is 3.72. The molecule has 2 rings (SSSR count). The highest BCUT2D eigenvalue weighted by Gasteiger charge is 2.45. The second-order valence-corrected chi connectivity index (χ2v) is 4.69. The highest BCUT2D eigenvalue weighted by molar-refractivity contribution is 6.03.